The van der Waals surface area contributed by atoms with Crippen molar-refractivity contribution < 1.29 is 18.0 Å². The zero-order valence-electron chi connectivity index (χ0n) is 14.3. The minimum absolute atomic E-state index is 0.0565. The summed E-state index contributed by atoms with van der Waals surface area (Å²) < 4.78 is 45.1. The summed E-state index contributed by atoms with van der Waals surface area (Å²) in [5.41, 5.74) is -0.152. The smallest absolute Gasteiger partial charge is 0.340 e. The average Bonchev–Trinajstić information content (AvgIpc) is 3.30. The van der Waals surface area contributed by atoms with E-state index >= 15 is 0 Å². The third-order valence-corrected chi connectivity index (χ3v) is 5.66. The predicted molar refractivity (Wildman–Crippen MR) is 95.4 cm³/mol. The zero-order chi connectivity index (χ0) is 19.0. The zero-order valence-corrected chi connectivity index (χ0v) is 15.1. The second-order valence-electron chi connectivity index (χ2n) is 6.62. The van der Waals surface area contributed by atoms with E-state index in [0.29, 0.717) is 19.5 Å². The molecule has 0 spiro atoms. The number of halogens is 3. The molecule has 3 heterocycles. The van der Waals surface area contributed by atoms with Gasteiger partial charge in [-0.25, -0.2) is 0 Å². The maximum absolute atomic E-state index is 12.8. The number of hydrogen-bond donors (Lipinski definition) is 0. The first-order valence-corrected chi connectivity index (χ1v) is 9.42. The molecule has 1 fully saturated rings. The molecule has 0 aliphatic carbocycles. The molecule has 0 radical (unpaired) electrons. The summed E-state index contributed by atoms with van der Waals surface area (Å²) in [6.45, 7) is 0.963. The molecule has 1 atom stereocenters. The van der Waals surface area contributed by atoms with Gasteiger partial charge in [0.25, 0.3) is 0 Å². The fourth-order valence-corrected chi connectivity index (χ4v) is 4.21. The maximum atomic E-state index is 12.8. The molecule has 1 aromatic carbocycles. The van der Waals surface area contributed by atoms with Crippen LogP contribution in [0.5, 0.6) is 0 Å². The highest BCUT2D eigenvalue weighted by Crippen LogP contribution is 2.30. The van der Waals surface area contributed by atoms with E-state index in [1.165, 1.54) is 22.4 Å². The lowest BCUT2D eigenvalue weighted by Gasteiger charge is -2.33. The van der Waals surface area contributed by atoms with Gasteiger partial charge in [-0.15, -0.1) is 0 Å². The lowest BCUT2D eigenvalue weighted by molar-refractivity contribution is -0.142. The average molecular weight is 394 g/mol. The van der Waals surface area contributed by atoms with Crippen molar-refractivity contribution in [2.75, 3.05) is 13.1 Å². The van der Waals surface area contributed by atoms with E-state index in [-0.39, 0.29) is 18.4 Å². The fourth-order valence-electron chi connectivity index (χ4n) is 3.41. The Bertz CT molecular complexity index is 965. The van der Waals surface area contributed by atoms with Gasteiger partial charge in [0.05, 0.1) is 22.9 Å². The van der Waals surface area contributed by atoms with Gasteiger partial charge >= 0.3 is 6.18 Å². The molecular formula is C18H17F3N4OS. The lowest BCUT2D eigenvalue weighted by atomic mass is 10.0. The molecule has 142 valence electrons. The highest BCUT2D eigenvalue weighted by molar-refractivity contribution is 7.13. The van der Waals surface area contributed by atoms with E-state index in [1.54, 1.807) is 4.90 Å². The van der Waals surface area contributed by atoms with Gasteiger partial charge in [-0.05, 0) is 36.5 Å². The van der Waals surface area contributed by atoms with Crippen molar-refractivity contribution in [1.82, 2.24) is 19.1 Å². The van der Waals surface area contributed by atoms with Crippen LogP contribution in [0.1, 0.15) is 30.3 Å². The second kappa shape index (κ2) is 6.95. The van der Waals surface area contributed by atoms with Gasteiger partial charge in [-0.2, -0.15) is 22.6 Å². The molecule has 0 bridgehead atoms. The Morgan fingerprint density at radius 3 is 2.85 bits per heavy atom. The first kappa shape index (κ1) is 18.0. The van der Waals surface area contributed by atoms with Crippen LogP contribution in [0.3, 0.4) is 0 Å². The lowest BCUT2D eigenvalue weighted by Crippen LogP contribution is -2.41. The van der Waals surface area contributed by atoms with E-state index in [1.807, 2.05) is 24.3 Å². The Kier molecular flexibility index (Phi) is 4.63. The molecule has 2 aromatic heterocycles. The number of fused-ring (bicyclic) bond motifs is 1. The number of benzene rings is 1. The standard InChI is InChI=1S/C18H17F3N4OS/c19-18(20,21)16-7-9-25(22-16)12-4-3-8-24(11-12)17(26)10-14-13-5-1-2-6-15(13)27-23-14/h1-2,5-7,9,12H,3-4,8,10-11H2. The summed E-state index contributed by atoms with van der Waals surface area (Å²) in [6, 6.07) is 8.49. The molecule has 9 heteroatoms. The van der Waals surface area contributed by atoms with Crippen molar-refractivity contribution in [2.24, 2.45) is 0 Å². The van der Waals surface area contributed by atoms with Gasteiger partial charge in [-0.3, -0.25) is 9.48 Å². The van der Waals surface area contributed by atoms with Crippen LogP contribution in [0.25, 0.3) is 10.1 Å². The molecule has 5 nitrogen and oxygen atoms in total. The van der Waals surface area contributed by atoms with Gasteiger partial charge in [0.2, 0.25) is 5.91 Å². The molecule has 1 aliphatic rings. The number of rotatable bonds is 3. The Hall–Kier alpha value is -2.42. The van der Waals surface area contributed by atoms with Crippen LogP contribution in [0.15, 0.2) is 36.5 Å². The van der Waals surface area contributed by atoms with Crippen molar-refractivity contribution >= 4 is 27.5 Å². The van der Waals surface area contributed by atoms with Crippen LogP contribution in [-0.4, -0.2) is 38.1 Å². The first-order valence-electron chi connectivity index (χ1n) is 8.65. The van der Waals surface area contributed by atoms with Gasteiger partial charge in [-0.1, -0.05) is 18.2 Å². The molecule has 3 aromatic rings. The number of carbonyl (C=O) groups is 1. The number of likely N-dealkylation sites (tertiary alicyclic amines) is 1. The van der Waals surface area contributed by atoms with Crippen LogP contribution in [-0.2, 0) is 17.4 Å². The number of piperidine rings is 1. The molecule has 0 N–H and O–H groups in total. The fraction of sp³-hybridized carbons (Fsp3) is 0.389. The van der Waals surface area contributed by atoms with E-state index < -0.39 is 11.9 Å². The van der Waals surface area contributed by atoms with E-state index in [9.17, 15) is 18.0 Å². The summed E-state index contributed by atoms with van der Waals surface area (Å²) in [7, 11) is 0. The number of alkyl halides is 3. The third kappa shape index (κ3) is 3.69. The van der Waals surface area contributed by atoms with Crippen LogP contribution in [0.2, 0.25) is 0 Å². The number of amides is 1. The van der Waals surface area contributed by atoms with E-state index in [0.717, 1.165) is 28.3 Å². The largest absolute Gasteiger partial charge is 0.435 e. The van der Waals surface area contributed by atoms with Crippen LogP contribution in [0, 0.1) is 0 Å². The summed E-state index contributed by atoms with van der Waals surface area (Å²) in [5.74, 6) is -0.0565. The van der Waals surface area contributed by atoms with Crippen LogP contribution >= 0.6 is 11.5 Å². The number of nitrogens with zero attached hydrogens (tertiary/aromatic N) is 4. The molecule has 1 amide bonds. The normalized spacial score (nSPS) is 18.2. The van der Waals surface area contributed by atoms with Gasteiger partial charge in [0.1, 0.15) is 0 Å². The molecule has 1 saturated heterocycles. The van der Waals surface area contributed by atoms with E-state index in [2.05, 4.69) is 9.47 Å². The molecule has 1 unspecified atom stereocenters. The quantitative estimate of drug-likeness (QED) is 0.677. The SMILES string of the molecule is O=C(Cc1nsc2ccccc12)N1CCCC(n2ccc(C(F)(F)F)n2)C1. The summed E-state index contributed by atoms with van der Waals surface area (Å²) in [6.07, 6.45) is -1.49. The monoisotopic (exact) mass is 394 g/mol. The number of aromatic nitrogens is 3. The second-order valence-corrected chi connectivity index (χ2v) is 7.42. The predicted octanol–water partition coefficient (Wildman–Crippen LogP) is 3.92. The van der Waals surface area contributed by atoms with E-state index in [4.69, 9.17) is 0 Å². The Morgan fingerprint density at radius 1 is 1.26 bits per heavy atom. The number of carbonyl (C=O) groups excluding carboxylic acids is 1. The van der Waals surface area contributed by atoms with Crippen molar-refractivity contribution in [3.63, 3.8) is 0 Å². The van der Waals surface area contributed by atoms with Crippen molar-refractivity contribution in [1.29, 1.82) is 0 Å². The van der Waals surface area contributed by atoms with Crippen molar-refractivity contribution in [3.8, 4) is 0 Å². The third-order valence-electron chi connectivity index (χ3n) is 4.79. The highest BCUT2D eigenvalue weighted by Gasteiger charge is 2.35. The molecular weight excluding hydrogens is 377 g/mol. The van der Waals surface area contributed by atoms with Crippen molar-refractivity contribution in [2.45, 2.75) is 31.5 Å². The Balaban J connectivity index is 1.46. The molecule has 27 heavy (non-hydrogen) atoms. The minimum atomic E-state index is -4.46. The van der Waals surface area contributed by atoms with Gasteiger partial charge in [0.15, 0.2) is 5.69 Å². The Morgan fingerprint density at radius 2 is 2.07 bits per heavy atom. The summed E-state index contributed by atoms with van der Waals surface area (Å²) in [4.78, 5) is 14.4. The van der Waals surface area contributed by atoms with Gasteiger partial charge < -0.3 is 4.90 Å². The number of hydrogen-bond acceptors (Lipinski definition) is 4. The highest BCUT2D eigenvalue weighted by atomic mass is 32.1. The first-order chi connectivity index (χ1) is 12.9. The van der Waals surface area contributed by atoms with Crippen LogP contribution in [0.4, 0.5) is 13.2 Å². The minimum Gasteiger partial charge on any atom is -0.340 e. The van der Waals surface area contributed by atoms with Crippen molar-refractivity contribution in [3.05, 3.63) is 47.9 Å². The molecule has 0 saturated carbocycles. The van der Waals surface area contributed by atoms with Gasteiger partial charge in [0, 0.05) is 24.7 Å². The summed E-state index contributed by atoms with van der Waals surface area (Å²) >= 11 is 1.36. The Labute approximate surface area is 157 Å². The topological polar surface area (TPSA) is 51.0 Å². The molecule has 4 rings (SSSR count). The summed E-state index contributed by atoms with van der Waals surface area (Å²) in [5, 5.41) is 4.64. The molecule has 1 aliphatic heterocycles. The van der Waals surface area contributed by atoms with Crippen LogP contribution < -0.4 is 0 Å². The maximum Gasteiger partial charge on any atom is 0.435 e.